The Bertz CT molecular complexity index is 379. The van der Waals surface area contributed by atoms with Crippen LogP contribution in [0.5, 0.6) is 0 Å². The number of nitrogens with zero attached hydrogens (tertiary/aromatic N) is 3. The Labute approximate surface area is 101 Å². The second-order valence-corrected chi connectivity index (χ2v) is 4.62. The molecule has 2 rings (SSSR count). The van der Waals surface area contributed by atoms with E-state index in [-0.39, 0.29) is 11.9 Å². The van der Waals surface area contributed by atoms with Gasteiger partial charge in [-0.1, -0.05) is 13.8 Å². The lowest BCUT2D eigenvalue weighted by Gasteiger charge is -2.17. The van der Waals surface area contributed by atoms with E-state index in [4.69, 9.17) is 0 Å². The van der Waals surface area contributed by atoms with Gasteiger partial charge in [-0.2, -0.15) is 0 Å². The van der Waals surface area contributed by atoms with Gasteiger partial charge in [-0.15, -0.1) is 0 Å². The minimum absolute atomic E-state index is 0.0307. The Morgan fingerprint density at radius 3 is 3.06 bits per heavy atom. The normalized spacial score (nSPS) is 20.3. The van der Waals surface area contributed by atoms with E-state index in [2.05, 4.69) is 29.1 Å². The second-order valence-electron chi connectivity index (χ2n) is 4.62. The van der Waals surface area contributed by atoms with Crippen LogP contribution in [0.2, 0.25) is 0 Å². The highest BCUT2D eigenvalue weighted by molar-refractivity contribution is 5.83. The molecule has 1 aromatic heterocycles. The summed E-state index contributed by atoms with van der Waals surface area (Å²) in [6.07, 6.45) is 4.09. The predicted octanol–water partition coefficient (Wildman–Crippen LogP) is 0.575. The molecule has 0 aliphatic carbocycles. The Morgan fingerprint density at radius 2 is 2.41 bits per heavy atom. The number of hydrogen-bond donors (Lipinski definition) is 1. The molecule has 1 aliphatic rings. The summed E-state index contributed by atoms with van der Waals surface area (Å²) < 4.78 is 0. The zero-order valence-electron chi connectivity index (χ0n) is 10.3. The van der Waals surface area contributed by atoms with Gasteiger partial charge in [-0.3, -0.25) is 4.79 Å². The van der Waals surface area contributed by atoms with Gasteiger partial charge >= 0.3 is 0 Å². The summed E-state index contributed by atoms with van der Waals surface area (Å²) in [7, 11) is 0. The summed E-state index contributed by atoms with van der Waals surface area (Å²) >= 11 is 0. The zero-order valence-corrected chi connectivity index (χ0v) is 10.3. The molecule has 0 radical (unpaired) electrons. The average molecular weight is 234 g/mol. The number of hydrogen-bond acceptors (Lipinski definition) is 4. The molecule has 1 atom stereocenters. The molecule has 1 N–H and O–H groups in total. The van der Waals surface area contributed by atoms with Gasteiger partial charge in [-0.05, 0) is 12.5 Å². The van der Waals surface area contributed by atoms with Crippen LogP contribution in [0.1, 0.15) is 26.0 Å². The molecule has 0 aromatic carbocycles. The van der Waals surface area contributed by atoms with Crippen LogP contribution in [0.25, 0.3) is 0 Å². The third-order valence-corrected chi connectivity index (χ3v) is 2.83. The quantitative estimate of drug-likeness (QED) is 0.827. The SMILES string of the molecule is CC(C)NC1CCN(Cc2ccncn2)C1=O. The van der Waals surface area contributed by atoms with Crippen LogP contribution in [0.4, 0.5) is 0 Å². The van der Waals surface area contributed by atoms with E-state index in [0.29, 0.717) is 12.6 Å². The monoisotopic (exact) mass is 234 g/mol. The number of rotatable bonds is 4. The predicted molar refractivity (Wildman–Crippen MR) is 64.1 cm³/mol. The van der Waals surface area contributed by atoms with Gasteiger partial charge < -0.3 is 10.2 Å². The lowest BCUT2D eigenvalue weighted by atomic mass is 10.2. The molecular formula is C12H18N4O. The molecule has 1 aliphatic heterocycles. The Kier molecular flexibility index (Phi) is 3.68. The maximum Gasteiger partial charge on any atom is 0.240 e. The molecule has 1 fully saturated rings. The lowest BCUT2D eigenvalue weighted by molar-refractivity contribution is -0.130. The second kappa shape index (κ2) is 5.23. The summed E-state index contributed by atoms with van der Waals surface area (Å²) in [5.74, 6) is 0.178. The van der Waals surface area contributed by atoms with Gasteiger partial charge in [0.2, 0.25) is 5.91 Å². The van der Waals surface area contributed by atoms with Crippen molar-refractivity contribution in [3.63, 3.8) is 0 Å². The number of amides is 1. The molecule has 1 amide bonds. The molecule has 0 bridgehead atoms. The maximum absolute atomic E-state index is 12.1. The first-order chi connectivity index (χ1) is 8.16. The van der Waals surface area contributed by atoms with Crippen molar-refractivity contribution < 1.29 is 4.79 Å². The first kappa shape index (κ1) is 12.0. The van der Waals surface area contributed by atoms with Gasteiger partial charge in [0.15, 0.2) is 0 Å². The van der Waals surface area contributed by atoms with E-state index < -0.39 is 0 Å². The first-order valence-corrected chi connectivity index (χ1v) is 5.96. The Morgan fingerprint density at radius 1 is 1.59 bits per heavy atom. The standard InChI is InChI=1S/C12H18N4O/c1-9(2)15-11-4-6-16(12(11)17)7-10-3-5-13-8-14-10/h3,5,8-9,11,15H,4,6-7H2,1-2H3. The van der Waals surface area contributed by atoms with Gasteiger partial charge in [0.05, 0.1) is 18.3 Å². The van der Waals surface area contributed by atoms with Gasteiger partial charge in [0.25, 0.3) is 0 Å². The molecule has 0 saturated carbocycles. The molecule has 2 heterocycles. The molecule has 0 spiro atoms. The first-order valence-electron chi connectivity index (χ1n) is 5.96. The largest absolute Gasteiger partial charge is 0.335 e. The van der Waals surface area contributed by atoms with E-state index in [9.17, 15) is 4.79 Å². The topological polar surface area (TPSA) is 58.1 Å². The van der Waals surface area contributed by atoms with Gasteiger partial charge in [-0.25, -0.2) is 9.97 Å². The van der Waals surface area contributed by atoms with E-state index in [1.165, 1.54) is 6.33 Å². The number of carbonyl (C=O) groups is 1. The van der Waals surface area contributed by atoms with Crippen molar-refractivity contribution in [1.82, 2.24) is 20.2 Å². The molecule has 5 nitrogen and oxygen atoms in total. The van der Waals surface area contributed by atoms with Gasteiger partial charge in [0, 0.05) is 18.8 Å². The van der Waals surface area contributed by atoms with Crippen molar-refractivity contribution in [2.75, 3.05) is 6.54 Å². The molecular weight excluding hydrogens is 216 g/mol. The highest BCUT2D eigenvalue weighted by atomic mass is 16.2. The summed E-state index contributed by atoms with van der Waals surface area (Å²) in [5.41, 5.74) is 0.888. The fraction of sp³-hybridized carbons (Fsp3) is 0.583. The molecule has 92 valence electrons. The minimum Gasteiger partial charge on any atom is -0.335 e. The maximum atomic E-state index is 12.1. The van der Waals surface area contributed by atoms with Crippen LogP contribution in [-0.4, -0.2) is 39.4 Å². The molecule has 5 heteroatoms. The zero-order chi connectivity index (χ0) is 12.3. The number of aromatic nitrogens is 2. The van der Waals surface area contributed by atoms with Crippen molar-refractivity contribution in [2.24, 2.45) is 0 Å². The molecule has 1 saturated heterocycles. The van der Waals surface area contributed by atoms with Crippen LogP contribution < -0.4 is 5.32 Å². The molecule has 1 aromatic rings. The third-order valence-electron chi connectivity index (χ3n) is 2.83. The Hall–Kier alpha value is -1.49. The summed E-state index contributed by atoms with van der Waals surface area (Å²) in [6.45, 7) is 5.49. The van der Waals surface area contributed by atoms with Crippen LogP contribution in [-0.2, 0) is 11.3 Å². The minimum atomic E-state index is -0.0307. The van der Waals surface area contributed by atoms with E-state index >= 15 is 0 Å². The fourth-order valence-electron chi connectivity index (χ4n) is 2.06. The molecule has 17 heavy (non-hydrogen) atoms. The van der Waals surface area contributed by atoms with Crippen LogP contribution >= 0.6 is 0 Å². The van der Waals surface area contributed by atoms with Crippen molar-refractivity contribution in [3.05, 3.63) is 24.3 Å². The lowest BCUT2D eigenvalue weighted by Crippen LogP contribution is -2.41. The van der Waals surface area contributed by atoms with Crippen LogP contribution in [0.15, 0.2) is 18.6 Å². The fourth-order valence-corrected chi connectivity index (χ4v) is 2.06. The number of nitrogens with one attached hydrogen (secondary N) is 1. The number of carbonyl (C=O) groups excluding carboxylic acids is 1. The van der Waals surface area contributed by atoms with E-state index in [1.807, 2.05) is 11.0 Å². The van der Waals surface area contributed by atoms with E-state index in [1.54, 1.807) is 6.20 Å². The van der Waals surface area contributed by atoms with E-state index in [0.717, 1.165) is 18.7 Å². The highest BCUT2D eigenvalue weighted by Gasteiger charge is 2.31. The van der Waals surface area contributed by atoms with Gasteiger partial charge in [0.1, 0.15) is 6.33 Å². The highest BCUT2D eigenvalue weighted by Crippen LogP contribution is 2.14. The number of likely N-dealkylation sites (tertiary alicyclic amines) is 1. The van der Waals surface area contributed by atoms with Crippen molar-refractivity contribution in [2.45, 2.75) is 38.9 Å². The smallest absolute Gasteiger partial charge is 0.240 e. The van der Waals surface area contributed by atoms with Crippen molar-refractivity contribution >= 4 is 5.91 Å². The summed E-state index contributed by atoms with van der Waals surface area (Å²) in [5, 5.41) is 3.28. The summed E-state index contributed by atoms with van der Waals surface area (Å²) in [4.78, 5) is 21.9. The van der Waals surface area contributed by atoms with Crippen molar-refractivity contribution in [1.29, 1.82) is 0 Å². The Balaban J connectivity index is 1.94. The van der Waals surface area contributed by atoms with Crippen molar-refractivity contribution in [3.8, 4) is 0 Å². The average Bonchev–Trinajstić information content (AvgIpc) is 2.62. The van der Waals surface area contributed by atoms with Crippen LogP contribution in [0, 0.1) is 0 Å². The summed E-state index contributed by atoms with van der Waals surface area (Å²) in [6, 6.07) is 2.15. The molecule has 1 unspecified atom stereocenters. The van der Waals surface area contributed by atoms with Crippen LogP contribution in [0.3, 0.4) is 0 Å². The third kappa shape index (κ3) is 3.00.